The molecule has 7 nitrogen and oxygen atoms in total. The minimum absolute atomic E-state index is 0.270. The van der Waals surface area contributed by atoms with Gasteiger partial charge in [0.1, 0.15) is 6.33 Å². The summed E-state index contributed by atoms with van der Waals surface area (Å²) in [4.78, 5) is 16.3. The van der Waals surface area contributed by atoms with E-state index in [1.165, 1.54) is 30.2 Å². The average molecular weight is 392 g/mol. The van der Waals surface area contributed by atoms with Crippen molar-refractivity contribution in [1.82, 2.24) is 24.8 Å². The van der Waals surface area contributed by atoms with Gasteiger partial charge in [0, 0.05) is 5.02 Å². The summed E-state index contributed by atoms with van der Waals surface area (Å²) in [5.74, 6) is 0.154. The molecule has 2 heterocycles. The second-order valence-corrected chi connectivity index (χ2v) is 7.06. The van der Waals surface area contributed by atoms with Crippen LogP contribution in [0.1, 0.15) is 6.92 Å². The van der Waals surface area contributed by atoms with Gasteiger partial charge in [-0.15, -0.1) is 10.2 Å². The first-order valence-electron chi connectivity index (χ1n) is 6.32. The van der Waals surface area contributed by atoms with E-state index in [1.807, 2.05) is 0 Å². The molecule has 0 saturated heterocycles. The highest BCUT2D eigenvalue weighted by atomic mass is 35.5. The standard InChI is InChI=1S/C12H9Cl3N6OS/c1-5(23-12-20-19-11-16-4-17-21(11)12)10(22)18-9-7(14)2-6(13)3-8(9)15/h2-5H,1H3,(H,18,22)(H,16,17,19). The molecule has 1 atom stereocenters. The summed E-state index contributed by atoms with van der Waals surface area (Å²) in [5, 5.41) is 14.4. The molecule has 0 fully saturated rings. The van der Waals surface area contributed by atoms with E-state index < -0.39 is 5.25 Å². The van der Waals surface area contributed by atoms with Crippen LogP contribution in [0.25, 0.3) is 5.78 Å². The average Bonchev–Trinajstić information content (AvgIpc) is 3.07. The molecule has 0 aliphatic heterocycles. The topological polar surface area (TPSA) is 88.0 Å². The predicted octanol–water partition coefficient (Wildman–Crippen LogP) is 3.53. The number of aromatic nitrogens is 5. The molecular formula is C12H9Cl3N6OS. The molecule has 0 aliphatic rings. The van der Waals surface area contributed by atoms with E-state index in [4.69, 9.17) is 34.8 Å². The number of thioether (sulfide) groups is 1. The number of aromatic amines is 1. The maximum atomic E-state index is 12.3. The minimum atomic E-state index is -0.464. The Morgan fingerprint density at radius 1 is 1.30 bits per heavy atom. The molecule has 120 valence electrons. The van der Waals surface area contributed by atoms with Gasteiger partial charge in [-0.2, -0.15) is 9.50 Å². The number of nitrogens with one attached hydrogen (secondary N) is 2. The Bertz CT molecular complexity index is 856. The van der Waals surface area contributed by atoms with Gasteiger partial charge in [0.15, 0.2) is 0 Å². The second kappa shape index (κ2) is 6.56. The van der Waals surface area contributed by atoms with Crippen molar-refractivity contribution in [3.8, 4) is 0 Å². The van der Waals surface area contributed by atoms with Crippen LogP contribution < -0.4 is 5.32 Å². The van der Waals surface area contributed by atoms with Crippen LogP contribution in [0.5, 0.6) is 0 Å². The summed E-state index contributed by atoms with van der Waals surface area (Å²) >= 11 is 19.2. The lowest BCUT2D eigenvalue weighted by atomic mass is 10.3. The van der Waals surface area contributed by atoms with Crippen molar-refractivity contribution >= 4 is 63.9 Å². The summed E-state index contributed by atoms with van der Waals surface area (Å²) in [6.45, 7) is 1.73. The number of hydrogen-bond acceptors (Lipinski definition) is 5. The number of carbonyl (C=O) groups is 1. The maximum absolute atomic E-state index is 12.3. The fourth-order valence-electron chi connectivity index (χ4n) is 1.78. The van der Waals surface area contributed by atoms with Gasteiger partial charge in [-0.05, 0) is 19.1 Å². The van der Waals surface area contributed by atoms with Gasteiger partial charge in [-0.1, -0.05) is 46.6 Å². The normalized spacial score (nSPS) is 12.5. The van der Waals surface area contributed by atoms with Crippen LogP contribution in [0.15, 0.2) is 23.6 Å². The van der Waals surface area contributed by atoms with E-state index in [0.717, 1.165) is 0 Å². The third-order valence-electron chi connectivity index (χ3n) is 2.89. The Kier molecular flexibility index (Phi) is 4.67. The van der Waals surface area contributed by atoms with Crippen LogP contribution in [0, 0.1) is 0 Å². The minimum Gasteiger partial charge on any atom is -0.323 e. The maximum Gasteiger partial charge on any atom is 0.272 e. The number of fused-ring (bicyclic) bond motifs is 1. The molecule has 0 aliphatic carbocycles. The quantitative estimate of drug-likeness (QED) is 0.664. The second-order valence-electron chi connectivity index (χ2n) is 4.50. The van der Waals surface area contributed by atoms with E-state index in [9.17, 15) is 4.79 Å². The highest BCUT2D eigenvalue weighted by Gasteiger charge is 2.20. The van der Waals surface area contributed by atoms with Gasteiger partial charge in [0.2, 0.25) is 11.1 Å². The van der Waals surface area contributed by atoms with Crippen LogP contribution in [-0.2, 0) is 4.79 Å². The predicted molar refractivity (Wildman–Crippen MR) is 90.6 cm³/mol. The molecule has 11 heteroatoms. The Balaban J connectivity index is 1.74. The molecule has 2 aromatic heterocycles. The molecule has 2 N–H and O–H groups in total. The number of anilines is 1. The van der Waals surface area contributed by atoms with Crippen LogP contribution >= 0.6 is 46.6 Å². The number of halogens is 3. The van der Waals surface area contributed by atoms with Gasteiger partial charge >= 0.3 is 0 Å². The highest BCUT2D eigenvalue weighted by molar-refractivity contribution is 8.00. The zero-order chi connectivity index (χ0) is 16.6. The first kappa shape index (κ1) is 16.4. The summed E-state index contributed by atoms with van der Waals surface area (Å²) in [5.41, 5.74) is 0.322. The Morgan fingerprint density at radius 3 is 2.70 bits per heavy atom. The van der Waals surface area contributed by atoms with E-state index in [-0.39, 0.29) is 16.0 Å². The highest BCUT2D eigenvalue weighted by Crippen LogP contribution is 2.34. The number of rotatable bonds is 4. The number of nitrogens with zero attached hydrogens (tertiary/aromatic N) is 4. The third kappa shape index (κ3) is 3.40. The molecule has 0 bridgehead atoms. The zero-order valence-corrected chi connectivity index (χ0v) is 14.6. The molecule has 0 saturated carbocycles. The summed E-state index contributed by atoms with van der Waals surface area (Å²) in [7, 11) is 0. The van der Waals surface area contributed by atoms with Crippen LogP contribution in [-0.4, -0.2) is 36.0 Å². The van der Waals surface area contributed by atoms with Crippen molar-refractivity contribution in [2.24, 2.45) is 0 Å². The molecule has 1 amide bonds. The summed E-state index contributed by atoms with van der Waals surface area (Å²) in [6.07, 6.45) is 1.49. The van der Waals surface area contributed by atoms with Crippen LogP contribution in [0.2, 0.25) is 15.1 Å². The first-order valence-corrected chi connectivity index (χ1v) is 8.33. The van der Waals surface area contributed by atoms with Crippen molar-refractivity contribution in [1.29, 1.82) is 0 Å². The lowest BCUT2D eigenvalue weighted by Gasteiger charge is -2.13. The molecule has 1 unspecified atom stereocenters. The molecule has 1 aromatic carbocycles. The van der Waals surface area contributed by atoms with Crippen LogP contribution in [0.3, 0.4) is 0 Å². The van der Waals surface area contributed by atoms with Gasteiger partial charge in [0.25, 0.3) is 5.78 Å². The van der Waals surface area contributed by atoms with Crippen molar-refractivity contribution in [3.63, 3.8) is 0 Å². The van der Waals surface area contributed by atoms with Gasteiger partial charge in [-0.25, -0.2) is 0 Å². The SMILES string of the molecule is CC(Sc1nnc2nc[nH]n12)C(=O)Nc1c(Cl)cc(Cl)cc1Cl. The van der Waals surface area contributed by atoms with Gasteiger partial charge < -0.3 is 5.32 Å². The van der Waals surface area contributed by atoms with Crippen molar-refractivity contribution in [2.45, 2.75) is 17.3 Å². The molecule has 3 rings (SSSR count). The van der Waals surface area contributed by atoms with Crippen molar-refractivity contribution in [2.75, 3.05) is 5.32 Å². The van der Waals surface area contributed by atoms with E-state index >= 15 is 0 Å². The first-order chi connectivity index (χ1) is 11.0. The number of carbonyl (C=O) groups excluding carboxylic acids is 1. The van der Waals surface area contributed by atoms with E-state index in [1.54, 1.807) is 11.4 Å². The molecular weight excluding hydrogens is 383 g/mol. The van der Waals surface area contributed by atoms with Crippen molar-refractivity contribution in [3.05, 3.63) is 33.5 Å². The Morgan fingerprint density at radius 2 is 2.00 bits per heavy atom. The van der Waals surface area contributed by atoms with Crippen molar-refractivity contribution < 1.29 is 4.79 Å². The third-order valence-corrected chi connectivity index (χ3v) is 4.75. The Hall–Kier alpha value is -1.48. The number of benzene rings is 1. The number of H-pyrrole nitrogens is 1. The molecule has 0 spiro atoms. The van der Waals surface area contributed by atoms with Gasteiger partial charge in [-0.3, -0.25) is 9.89 Å². The summed E-state index contributed by atoms with van der Waals surface area (Å²) in [6, 6.07) is 3.02. The smallest absolute Gasteiger partial charge is 0.272 e. The number of amides is 1. The van der Waals surface area contributed by atoms with E-state index in [0.29, 0.717) is 21.6 Å². The number of hydrogen-bond donors (Lipinski definition) is 2. The lowest BCUT2D eigenvalue weighted by molar-refractivity contribution is -0.115. The summed E-state index contributed by atoms with van der Waals surface area (Å²) < 4.78 is 1.58. The largest absolute Gasteiger partial charge is 0.323 e. The fraction of sp³-hybridized carbons (Fsp3) is 0.167. The zero-order valence-electron chi connectivity index (χ0n) is 11.5. The molecule has 0 radical (unpaired) electrons. The van der Waals surface area contributed by atoms with Crippen LogP contribution in [0.4, 0.5) is 5.69 Å². The van der Waals surface area contributed by atoms with Gasteiger partial charge in [0.05, 0.1) is 21.0 Å². The van der Waals surface area contributed by atoms with E-state index in [2.05, 4.69) is 25.6 Å². The molecule has 23 heavy (non-hydrogen) atoms. The lowest BCUT2D eigenvalue weighted by Crippen LogP contribution is -2.23. The monoisotopic (exact) mass is 390 g/mol. The fourth-order valence-corrected chi connectivity index (χ4v) is 3.50. The molecule has 3 aromatic rings. The Labute approximate surface area is 149 Å².